The molecule has 0 saturated carbocycles. The van der Waals surface area contributed by atoms with Crippen molar-refractivity contribution >= 4 is 17.3 Å². The van der Waals surface area contributed by atoms with Gasteiger partial charge >= 0.3 is 0 Å². The minimum atomic E-state index is 0.381. The van der Waals surface area contributed by atoms with Crippen LogP contribution in [0.1, 0.15) is 17.0 Å². The van der Waals surface area contributed by atoms with Crippen molar-refractivity contribution in [2.24, 2.45) is 0 Å². The summed E-state index contributed by atoms with van der Waals surface area (Å²) in [5.74, 6) is 1.33. The molecule has 1 heterocycles. The molecular formula is C21H20ClN3O2. The van der Waals surface area contributed by atoms with Crippen LogP contribution in [0.5, 0.6) is 11.5 Å². The van der Waals surface area contributed by atoms with Gasteiger partial charge < -0.3 is 19.8 Å². The number of ether oxygens (including phenoxy) is 2. The summed E-state index contributed by atoms with van der Waals surface area (Å²) in [7, 11) is 1.60. The van der Waals surface area contributed by atoms with Gasteiger partial charge in [0, 0.05) is 17.1 Å². The molecule has 0 radical (unpaired) electrons. The molecule has 2 N–H and O–H groups in total. The molecule has 3 rings (SSSR count). The number of nitrogen functional groups attached to an aromatic ring is 1. The number of halogens is 1. The van der Waals surface area contributed by atoms with Gasteiger partial charge in [-0.1, -0.05) is 35.9 Å². The second kappa shape index (κ2) is 8.52. The van der Waals surface area contributed by atoms with E-state index in [0.717, 1.165) is 11.3 Å². The van der Waals surface area contributed by atoms with Crippen LogP contribution in [0, 0.1) is 11.3 Å². The standard InChI is InChI=1S/C21H20ClN3O2/c1-26-20-7-2-3-8-21(20)27-10-9-25-17(14-23)13-18(24)19(25)12-15-5-4-6-16(22)11-15/h2-8,11,13H,9-10,12,24H2,1H3. The van der Waals surface area contributed by atoms with E-state index in [4.69, 9.17) is 26.8 Å². The molecule has 6 heteroatoms. The van der Waals surface area contributed by atoms with Crippen molar-refractivity contribution < 1.29 is 9.47 Å². The lowest BCUT2D eigenvalue weighted by Crippen LogP contribution is -2.13. The lowest BCUT2D eigenvalue weighted by atomic mass is 10.1. The maximum absolute atomic E-state index is 9.46. The maximum Gasteiger partial charge on any atom is 0.161 e. The zero-order valence-corrected chi connectivity index (χ0v) is 15.7. The molecule has 2 aromatic carbocycles. The third-order valence-corrected chi connectivity index (χ3v) is 4.49. The Hall–Kier alpha value is -3.10. The van der Waals surface area contributed by atoms with Gasteiger partial charge in [0.25, 0.3) is 0 Å². The first-order valence-electron chi connectivity index (χ1n) is 8.50. The van der Waals surface area contributed by atoms with Crippen LogP contribution in [-0.2, 0) is 13.0 Å². The number of nitrogens with two attached hydrogens (primary N) is 1. The van der Waals surface area contributed by atoms with Gasteiger partial charge in [0.1, 0.15) is 18.4 Å². The van der Waals surface area contributed by atoms with E-state index < -0.39 is 0 Å². The van der Waals surface area contributed by atoms with Crippen LogP contribution in [-0.4, -0.2) is 18.3 Å². The Kier molecular flexibility index (Phi) is 5.90. The number of anilines is 1. The number of rotatable bonds is 7. The minimum Gasteiger partial charge on any atom is -0.493 e. The van der Waals surface area contributed by atoms with Crippen molar-refractivity contribution in [2.75, 3.05) is 19.5 Å². The molecule has 3 aromatic rings. The zero-order valence-electron chi connectivity index (χ0n) is 15.0. The Labute approximate surface area is 163 Å². The van der Waals surface area contributed by atoms with Crippen LogP contribution in [0.4, 0.5) is 5.69 Å². The van der Waals surface area contributed by atoms with Gasteiger partial charge in [0.15, 0.2) is 11.5 Å². The van der Waals surface area contributed by atoms with Gasteiger partial charge in [-0.25, -0.2) is 0 Å². The molecular weight excluding hydrogens is 362 g/mol. The van der Waals surface area contributed by atoms with Crippen molar-refractivity contribution in [1.82, 2.24) is 4.57 Å². The van der Waals surface area contributed by atoms with Crippen molar-refractivity contribution in [3.8, 4) is 17.6 Å². The van der Waals surface area contributed by atoms with E-state index in [-0.39, 0.29) is 0 Å². The maximum atomic E-state index is 9.46. The summed E-state index contributed by atoms with van der Waals surface area (Å²) in [6, 6.07) is 19.0. The van der Waals surface area contributed by atoms with E-state index in [9.17, 15) is 5.26 Å². The first-order valence-corrected chi connectivity index (χ1v) is 8.88. The Balaban J connectivity index is 1.79. The zero-order chi connectivity index (χ0) is 19.2. The van der Waals surface area contributed by atoms with E-state index in [1.165, 1.54) is 0 Å². The molecule has 1 aromatic heterocycles. The molecule has 0 aliphatic heterocycles. The van der Waals surface area contributed by atoms with Crippen molar-refractivity contribution in [3.63, 3.8) is 0 Å². The summed E-state index contributed by atoms with van der Waals surface area (Å²) in [5.41, 5.74) is 9.16. The van der Waals surface area contributed by atoms with E-state index in [2.05, 4.69) is 6.07 Å². The molecule has 0 bridgehead atoms. The van der Waals surface area contributed by atoms with Gasteiger partial charge in [-0.15, -0.1) is 0 Å². The Morgan fingerprint density at radius 3 is 2.59 bits per heavy atom. The van der Waals surface area contributed by atoms with E-state index in [0.29, 0.717) is 47.5 Å². The third-order valence-electron chi connectivity index (χ3n) is 4.26. The van der Waals surface area contributed by atoms with Crippen molar-refractivity contribution in [1.29, 1.82) is 5.26 Å². The number of aromatic nitrogens is 1. The number of hydrogen-bond donors (Lipinski definition) is 1. The summed E-state index contributed by atoms with van der Waals surface area (Å²) in [5, 5.41) is 10.1. The number of hydrogen-bond acceptors (Lipinski definition) is 4. The largest absolute Gasteiger partial charge is 0.493 e. The number of nitriles is 1. The third kappa shape index (κ3) is 4.36. The van der Waals surface area contributed by atoms with E-state index >= 15 is 0 Å². The lowest BCUT2D eigenvalue weighted by molar-refractivity contribution is 0.278. The van der Waals surface area contributed by atoms with E-state index in [1.54, 1.807) is 13.2 Å². The molecule has 138 valence electrons. The van der Waals surface area contributed by atoms with Crippen LogP contribution >= 0.6 is 11.6 Å². The lowest BCUT2D eigenvalue weighted by Gasteiger charge is -2.14. The highest BCUT2D eigenvalue weighted by molar-refractivity contribution is 6.30. The second-order valence-electron chi connectivity index (χ2n) is 6.00. The fourth-order valence-corrected chi connectivity index (χ4v) is 3.19. The van der Waals surface area contributed by atoms with Crippen LogP contribution in [0.2, 0.25) is 5.02 Å². The summed E-state index contributed by atoms with van der Waals surface area (Å²) in [6.45, 7) is 0.875. The molecule has 0 aliphatic carbocycles. The van der Waals surface area contributed by atoms with Gasteiger partial charge in [-0.3, -0.25) is 0 Å². The normalized spacial score (nSPS) is 10.4. The Morgan fingerprint density at radius 1 is 1.11 bits per heavy atom. The molecule has 5 nitrogen and oxygen atoms in total. The van der Waals surface area contributed by atoms with Gasteiger partial charge in [0.2, 0.25) is 0 Å². The van der Waals surface area contributed by atoms with Crippen LogP contribution in [0.25, 0.3) is 0 Å². The quantitative estimate of drug-likeness (QED) is 0.663. The second-order valence-corrected chi connectivity index (χ2v) is 6.44. The highest BCUT2D eigenvalue weighted by Crippen LogP contribution is 2.27. The molecule has 0 aliphatic rings. The van der Waals surface area contributed by atoms with Gasteiger partial charge in [-0.05, 0) is 35.9 Å². The summed E-state index contributed by atoms with van der Waals surface area (Å²) < 4.78 is 13.0. The average Bonchev–Trinajstić information content (AvgIpc) is 2.97. The number of nitrogens with zero attached hydrogens (tertiary/aromatic N) is 2. The summed E-state index contributed by atoms with van der Waals surface area (Å²) in [4.78, 5) is 0. The molecule has 0 saturated heterocycles. The van der Waals surface area contributed by atoms with Gasteiger partial charge in [-0.2, -0.15) is 5.26 Å². The molecule has 27 heavy (non-hydrogen) atoms. The molecule has 0 spiro atoms. The van der Waals surface area contributed by atoms with Crippen LogP contribution in [0.3, 0.4) is 0 Å². The topological polar surface area (TPSA) is 73.2 Å². The van der Waals surface area contributed by atoms with Crippen molar-refractivity contribution in [3.05, 3.63) is 76.6 Å². The fourth-order valence-electron chi connectivity index (χ4n) is 2.98. The average molecular weight is 382 g/mol. The first kappa shape index (κ1) is 18.7. The predicted octanol–water partition coefficient (Wildman–Crippen LogP) is 4.27. The first-order chi connectivity index (χ1) is 13.1. The number of methoxy groups -OCH3 is 1. The fraction of sp³-hybridized carbons (Fsp3) is 0.190. The smallest absolute Gasteiger partial charge is 0.161 e. The van der Waals surface area contributed by atoms with Crippen LogP contribution in [0.15, 0.2) is 54.6 Å². The van der Waals surface area contributed by atoms with Gasteiger partial charge in [0.05, 0.1) is 19.3 Å². The molecule has 0 amide bonds. The SMILES string of the molecule is COc1ccccc1OCCn1c(C#N)cc(N)c1Cc1cccc(Cl)c1. The van der Waals surface area contributed by atoms with Crippen molar-refractivity contribution in [2.45, 2.75) is 13.0 Å². The Bertz CT molecular complexity index is 976. The van der Waals surface area contributed by atoms with Crippen LogP contribution < -0.4 is 15.2 Å². The number of benzene rings is 2. The summed E-state index contributed by atoms with van der Waals surface area (Å²) in [6.07, 6.45) is 0.586. The highest BCUT2D eigenvalue weighted by Gasteiger charge is 2.14. The molecule has 0 atom stereocenters. The highest BCUT2D eigenvalue weighted by atomic mass is 35.5. The predicted molar refractivity (Wildman–Crippen MR) is 106 cm³/mol. The minimum absolute atomic E-state index is 0.381. The molecule has 0 unspecified atom stereocenters. The number of para-hydroxylation sites is 2. The van der Waals surface area contributed by atoms with E-state index in [1.807, 2.05) is 53.1 Å². The summed E-state index contributed by atoms with van der Waals surface area (Å²) >= 11 is 6.08. The monoisotopic (exact) mass is 381 g/mol. The molecule has 0 fully saturated rings. The Morgan fingerprint density at radius 2 is 1.89 bits per heavy atom.